The number of para-hydroxylation sites is 1. The molecular formula is C25H23FN2O4. The average molecular weight is 434 g/mol. The van der Waals surface area contributed by atoms with Gasteiger partial charge in [-0.25, -0.2) is 4.39 Å². The van der Waals surface area contributed by atoms with Gasteiger partial charge in [-0.15, -0.1) is 0 Å². The van der Waals surface area contributed by atoms with E-state index in [0.717, 1.165) is 0 Å². The summed E-state index contributed by atoms with van der Waals surface area (Å²) in [6.45, 7) is 2.06. The van der Waals surface area contributed by atoms with Gasteiger partial charge in [0.15, 0.2) is 6.10 Å². The molecule has 1 atom stereocenters. The molecule has 7 heteroatoms. The van der Waals surface area contributed by atoms with Gasteiger partial charge in [0.05, 0.1) is 18.7 Å². The smallest absolute Gasteiger partial charge is 0.254 e. The van der Waals surface area contributed by atoms with Crippen molar-refractivity contribution in [2.75, 3.05) is 13.7 Å². The van der Waals surface area contributed by atoms with Crippen molar-refractivity contribution in [3.05, 3.63) is 89.2 Å². The van der Waals surface area contributed by atoms with Gasteiger partial charge in [0.2, 0.25) is 0 Å². The van der Waals surface area contributed by atoms with Crippen molar-refractivity contribution in [3.8, 4) is 23.3 Å². The Balaban J connectivity index is 1.79. The second kappa shape index (κ2) is 10.9. The molecule has 164 valence electrons. The number of halogens is 1. The highest BCUT2D eigenvalue weighted by Gasteiger charge is 2.24. The molecule has 32 heavy (non-hydrogen) atoms. The standard InChI is InChI=1S/C25H23FN2O4/c1-3-31-24(21-12-11-20(30-2)14-22(21)26)25(29)28-16-18-10-9-17(15-27)13-23(18)32-19-7-5-4-6-8-19/h4-14,24H,3,16H2,1-2H3,(H,28,29). The first kappa shape index (κ1) is 22.8. The highest BCUT2D eigenvalue weighted by Crippen LogP contribution is 2.28. The van der Waals surface area contributed by atoms with Gasteiger partial charge in [0.1, 0.15) is 23.1 Å². The van der Waals surface area contributed by atoms with Gasteiger partial charge >= 0.3 is 0 Å². The van der Waals surface area contributed by atoms with E-state index in [9.17, 15) is 14.4 Å². The van der Waals surface area contributed by atoms with Crippen LogP contribution in [0.2, 0.25) is 0 Å². The lowest BCUT2D eigenvalue weighted by atomic mass is 10.1. The summed E-state index contributed by atoms with van der Waals surface area (Å²) in [5, 5.41) is 12.0. The van der Waals surface area contributed by atoms with E-state index >= 15 is 0 Å². The Labute approximate surface area is 186 Å². The van der Waals surface area contributed by atoms with Crippen LogP contribution in [0.3, 0.4) is 0 Å². The van der Waals surface area contributed by atoms with Crippen LogP contribution in [0.25, 0.3) is 0 Å². The lowest BCUT2D eigenvalue weighted by Crippen LogP contribution is -2.31. The van der Waals surface area contributed by atoms with Crippen molar-refractivity contribution in [3.63, 3.8) is 0 Å². The van der Waals surface area contributed by atoms with Gasteiger partial charge in [-0.1, -0.05) is 24.3 Å². The number of hydrogen-bond donors (Lipinski definition) is 1. The number of benzene rings is 3. The zero-order valence-electron chi connectivity index (χ0n) is 17.8. The van der Waals surface area contributed by atoms with Gasteiger partial charge in [0, 0.05) is 30.3 Å². The highest BCUT2D eigenvalue weighted by molar-refractivity contribution is 5.82. The molecule has 0 saturated carbocycles. The summed E-state index contributed by atoms with van der Waals surface area (Å²) in [5.74, 6) is 0.305. The van der Waals surface area contributed by atoms with Crippen LogP contribution in [-0.2, 0) is 16.1 Å². The number of amides is 1. The molecule has 0 radical (unpaired) electrons. The van der Waals surface area contributed by atoms with Crippen LogP contribution in [0.4, 0.5) is 4.39 Å². The normalized spacial score (nSPS) is 11.3. The number of nitrogens with zero attached hydrogens (tertiary/aromatic N) is 1. The molecule has 0 aliphatic rings. The lowest BCUT2D eigenvalue weighted by Gasteiger charge is -2.19. The van der Waals surface area contributed by atoms with E-state index in [-0.39, 0.29) is 18.7 Å². The first-order valence-corrected chi connectivity index (χ1v) is 10.0. The first-order valence-electron chi connectivity index (χ1n) is 10.0. The first-order chi connectivity index (χ1) is 15.5. The number of nitrogens with one attached hydrogen (secondary N) is 1. The Kier molecular flexibility index (Phi) is 7.79. The summed E-state index contributed by atoms with van der Waals surface area (Å²) in [5.41, 5.74) is 1.20. The lowest BCUT2D eigenvalue weighted by molar-refractivity contribution is -0.133. The van der Waals surface area contributed by atoms with Gasteiger partial charge in [0.25, 0.3) is 5.91 Å². The molecule has 1 N–H and O–H groups in total. The van der Waals surface area contributed by atoms with E-state index in [4.69, 9.17) is 14.2 Å². The maximum atomic E-state index is 14.5. The molecule has 1 unspecified atom stereocenters. The van der Waals surface area contributed by atoms with Crippen molar-refractivity contribution < 1.29 is 23.4 Å². The molecule has 0 aliphatic carbocycles. The fourth-order valence-electron chi connectivity index (χ4n) is 3.08. The summed E-state index contributed by atoms with van der Waals surface area (Å²) < 4.78 is 31.0. The van der Waals surface area contributed by atoms with Crippen LogP contribution < -0.4 is 14.8 Å². The Morgan fingerprint density at radius 2 is 1.88 bits per heavy atom. The maximum absolute atomic E-state index is 14.5. The minimum Gasteiger partial charge on any atom is -0.497 e. The molecule has 0 aromatic heterocycles. The molecule has 3 rings (SSSR count). The zero-order chi connectivity index (χ0) is 22.9. The topological polar surface area (TPSA) is 80.6 Å². The highest BCUT2D eigenvalue weighted by atomic mass is 19.1. The SMILES string of the molecule is CCOC(C(=O)NCc1ccc(C#N)cc1Oc1ccccc1)c1ccc(OC)cc1F. The third-order valence-electron chi connectivity index (χ3n) is 4.68. The van der Waals surface area contributed by atoms with Crippen molar-refractivity contribution in [1.82, 2.24) is 5.32 Å². The van der Waals surface area contributed by atoms with E-state index < -0.39 is 17.8 Å². The Morgan fingerprint density at radius 3 is 2.53 bits per heavy atom. The van der Waals surface area contributed by atoms with Crippen LogP contribution in [0.5, 0.6) is 17.2 Å². The fourth-order valence-corrected chi connectivity index (χ4v) is 3.08. The van der Waals surface area contributed by atoms with Gasteiger partial charge < -0.3 is 19.5 Å². The number of nitriles is 1. The summed E-state index contributed by atoms with van der Waals surface area (Å²) in [4.78, 5) is 12.9. The Hall–Kier alpha value is -3.89. The summed E-state index contributed by atoms with van der Waals surface area (Å²) in [6, 6.07) is 20.4. The van der Waals surface area contributed by atoms with Crippen LogP contribution in [0.15, 0.2) is 66.7 Å². The third kappa shape index (κ3) is 5.62. The van der Waals surface area contributed by atoms with E-state index in [1.807, 2.05) is 18.2 Å². The van der Waals surface area contributed by atoms with Crippen LogP contribution >= 0.6 is 0 Å². The number of ether oxygens (including phenoxy) is 3. The van der Waals surface area contributed by atoms with Crippen LogP contribution in [0, 0.1) is 17.1 Å². The summed E-state index contributed by atoms with van der Waals surface area (Å²) >= 11 is 0. The van der Waals surface area contributed by atoms with Crippen LogP contribution in [-0.4, -0.2) is 19.6 Å². The van der Waals surface area contributed by atoms with E-state index in [1.165, 1.54) is 19.2 Å². The molecule has 6 nitrogen and oxygen atoms in total. The second-order valence-corrected chi connectivity index (χ2v) is 6.79. The second-order valence-electron chi connectivity index (χ2n) is 6.79. The molecule has 0 spiro atoms. The molecule has 1 amide bonds. The van der Waals surface area contributed by atoms with Crippen molar-refractivity contribution >= 4 is 5.91 Å². The van der Waals surface area contributed by atoms with E-state index in [2.05, 4.69) is 11.4 Å². The van der Waals surface area contributed by atoms with E-state index in [0.29, 0.717) is 28.4 Å². The molecule has 3 aromatic carbocycles. The largest absolute Gasteiger partial charge is 0.497 e. The predicted molar refractivity (Wildman–Crippen MR) is 117 cm³/mol. The Morgan fingerprint density at radius 1 is 1.09 bits per heavy atom. The maximum Gasteiger partial charge on any atom is 0.254 e. The monoisotopic (exact) mass is 434 g/mol. The molecule has 0 fully saturated rings. The Bertz CT molecular complexity index is 1110. The minimum atomic E-state index is -1.12. The quantitative estimate of drug-likeness (QED) is 0.519. The third-order valence-corrected chi connectivity index (χ3v) is 4.68. The number of rotatable bonds is 9. The number of methoxy groups -OCH3 is 1. The molecule has 0 bridgehead atoms. The average Bonchev–Trinajstić information content (AvgIpc) is 2.82. The minimum absolute atomic E-state index is 0.105. The number of carbonyl (C=O) groups excluding carboxylic acids is 1. The van der Waals surface area contributed by atoms with Crippen LogP contribution in [0.1, 0.15) is 29.7 Å². The van der Waals surface area contributed by atoms with Gasteiger partial charge in [-0.3, -0.25) is 4.79 Å². The van der Waals surface area contributed by atoms with Crippen molar-refractivity contribution in [2.24, 2.45) is 0 Å². The summed E-state index contributed by atoms with van der Waals surface area (Å²) in [7, 11) is 1.44. The van der Waals surface area contributed by atoms with Crippen molar-refractivity contribution in [1.29, 1.82) is 5.26 Å². The zero-order valence-corrected chi connectivity index (χ0v) is 17.8. The number of hydrogen-bond acceptors (Lipinski definition) is 5. The van der Waals surface area contributed by atoms with E-state index in [1.54, 1.807) is 43.3 Å². The van der Waals surface area contributed by atoms with Gasteiger partial charge in [-0.2, -0.15) is 5.26 Å². The number of carbonyl (C=O) groups is 1. The van der Waals surface area contributed by atoms with Crippen molar-refractivity contribution in [2.45, 2.75) is 19.6 Å². The summed E-state index contributed by atoms with van der Waals surface area (Å²) in [6.07, 6.45) is -1.12. The predicted octanol–water partition coefficient (Wildman–Crippen LogP) is 4.89. The van der Waals surface area contributed by atoms with Gasteiger partial charge in [-0.05, 0) is 43.3 Å². The fraction of sp³-hybridized carbons (Fsp3) is 0.200. The molecule has 0 heterocycles. The molecular weight excluding hydrogens is 411 g/mol. The molecule has 0 aliphatic heterocycles. The molecule has 3 aromatic rings. The molecule has 0 saturated heterocycles.